The maximum atomic E-state index is 11.2. The highest BCUT2D eigenvalue weighted by molar-refractivity contribution is 5.26. The molecule has 3 N–H and O–H groups in total. The van der Waals surface area contributed by atoms with Gasteiger partial charge in [0.05, 0.1) is 11.7 Å². The monoisotopic (exact) mass is 431 g/mol. The molecule has 0 saturated heterocycles. The van der Waals surface area contributed by atoms with Crippen molar-refractivity contribution < 1.29 is 10.2 Å². The zero-order valence-corrected chi connectivity index (χ0v) is 20.8. The molecule has 3 heteroatoms. The molecule has 0 spiro atoms. The zero-order chi connectivity index (χ0) is 22.3. The topological polar surface area (TPSA) is 52.5 Å². The van der Waals surface area contributed by atoms with E-state index in [2.05, 4.69) is 39.1 Å². The molecule has 3 nitrogen and oxygen atoms in total. The zero-order valence-electron chi connectivity index (χ0n) is 20.8. The van der Waals surface area contributed by atoms with Gasteiger partial charge >= 0.3 is 0 Å². The van der Waals surface area contributed by atoms with Crippen molar-refractivity contribution in [1.82, 2.24) is 5.32 Å². The minimum absolute atomic E-state index is 0.124. The standard InChI is InChI=1S/C28H49NO2/c1-5-6-7-8-17-29-19-28-16-14-23-22(24(28)11-12-25(28)26(2,3)31)10-9-20-18-21(30)13-15-27(20,23)4/h9,21-25,29-31H,5-8,10-19H2,1-4H3/t21-,22+,23-,24-,25+,27-,28+/m0/s1. The molecule has 0 amide bonds. The highest BCUT2D eigenvalue weighted by Crippen LogP contribution is 2.67. The molecule has 0 aliphatic heterocycles. The van der Waals surface area contributed by atoms with E-state index in [-0.39, 0.29) is 11.5 Å². The van der Waals surface area contributed by atoms with Crippen molar-refractivity contribution in [3.05, 3.63) is 11.6 Å². The van der Waals surface area contributed by atoms with Crippen LogP contribution in [0, 0.1) is 34.5 Å². The fourth-order valence-electron chi connectivity index (χ4n) is 8.85. The van der Waals surface area contributed by atoms with E-state index in [1.807, 2.05) is 0 Å². The summed E-state index contributed by atoms with van der Waals surface area (Å²) in [6.45, 7) is 11.1. The van der Waals surface area contributed by atoms with Gasteiger partial charge in [0.2, 0.25) is 0 Å². The molecular weight excluding hydrogens is 382 g/mol. The van der Waals surface area contributed by atoms with Crippen molar-refractivity contribution in [2.75, 3.05) is 13.1 Å². The predicted octanol–water partition coefficient (Wildman–Crippen LogP) is 5.85. The van der Waals surface area contributed by atoms with E-state index in [1.165, 1.54) is 57.8 Å². The van der Waals surface area contributed by atoms with Gasteiger partial charge in [-0.05, 0) is 113 Å². The number of hydrogen-bond acceptors (Lipinski definition) is 3. The fourth-order valence-corrected chi connectivity index (χ4v) is 8.85. The molecule has 0 heterocycles. The molecule has 4 aliphatic carbocycles. The van der Waals surface area contributed by atoms with Gasteiger partial charge in [-0.2, -0.15) is 0 Å². The summed E-state index contributed by atoms with van der Waals surface area (Å²) in [4.78, 5) is 0. The minimum atomic E-state index is -0.597. The van der Waals surface area contributed by atoms with E-state index in [4.69, 9.17) is 0 Å². The first-order chi connectivity index (χ1) is 14.7. The molecular formula is C28H49NO2. The second-order valence-corrected chi connectivity index (χ2v) is 12.4. The quantitative estimate of drug-likeness (QED) is 0.334. The Morgan fingerprint density at radius 2 is 1.87 bits per heavy atom. The average Bonchev–Trinajstić information content (AvgIpc) is 3.11. The van der Waals surface area contributed by atoms with Crippen molar-refractivity contribution in [2.24, 2.45) is 34.5 Å². The molecule has 0 unspecified atom stereocenters. The lowest BCUT2D eigenvalue weighted by atomic mass is 9.46. The van der Waals surface area contributed by atoms with Crippen molar-refractivity contribution in [1.29, 1.82) is 0 Å². The van der Waals surface area contributed by atoms with Crippen molar-refractivity contribution in [2.45, 2.75) is 116 Å². The fraction of sp³-hybridized carbons (Fsp3) is 0.929. The molecule has 0 aromatic heterocycles. The van der Waals surface area contributed by atoms with Gasteiger partial charge in [-0.1, -0.05) is 44.8 Å². The third-order valence-electron chi connectivity index (χ3n) is 10.3. The maximum absolute atomic E-state index is 11.2. The van der Waals surface area contributed by atoms with E-state index in [0.717, 1.165) is 50.1 Å². The number of hydrogen-bond donors (Lipinski definition) is 3. The van der Waals surface area contributed by atoms with Crippen LogP contribution in [0.5, 0.6) is 0 Å². The normalized spacial score (nSPS) is 42.5. The number of aliphatic hydroxyl groups is 2. The minimum Gasteiger partial charge on any atom is -0.393 e. The molecule has 0 aromatic rings. The van der Waals surface area contributed by atoms with Gasteiger partial charge in [0.1, 0.15) is 0 Å². The van der Waals surface area contributed by atoms with Gasteiger partial charge in [-0.25, -0.2) is 0 Å². The molecule has 7 atom stereocenters. The Balaban J connectivity index is 1.54. The summed E-state index contributed by atoms with van der Waals surface area (Å²) >= 11 is 0. The summed E-state index contributed by atoms with van der Waals surface area (Å²) in [5, 5.41) is 25.3. The van der Waals surface area contributed by atoms with Crippen LogP contribution in [0.1, 0.15) is 105 Å². The summed E-state index contributed by atoms with van der Waals surface area (Å²) in [7, 11) is 0. The van der Waals surface area contributed by atoms with E-state index in [1.54, 1.807) is 5.57 Å². The largest absolute Gasteiger partial charge is 0.393 e. The lowest BCUT2D eigenvalue weighted by Gasteiger charge is -2.59. The van der Waals surface area contributed by atoms with Crippen LogP contribution in [0.2, 0.25) is 0 Å². The van der Waals surface area contributed by atoms with Gasteiger partial charge in [0.25, 0.3) is 0 Å². The Bertz CT molecular complexity index is 652. The molecule has 4 rings (SSSR count). The number of rotatable bonds is 8. The van der Waals surface area contributed by atoms with E-state index < -0.39 is 5.60 Å². The van der Waals surface area contributed by atoms with Crippen molar-refractivity contribution in [3.8, 4) is 0 Å². The SMILES string of the molecule is CCCCCCNC[C@]12CC[C@H]3[C@@H](CC=C4C[C@@H](O)CC[C@@]43C)[C@@H]1CC[C@@H]2C(C)(C)O. The molecule has 0 bridgehead atoms. The average molecular weight is 432 g/mol. The third kappa shape index (κ3) is 4.28. The van der Waals surface area contributed by atoms with Crippen LogP contribution in [0.4, 0.5) is 0 Å². The van der Waals surface area contributed by atoms with E-state index >= 15 is 0 Å². The molecule has 4 aliphatic rings. The first kappa shape index (κ1) is 23.8. The Kier molecular flexibility index (Phi) is 6.98. The predicted molar refractivity (Wildman–Crippen MR) is 129 cm³/mol. The van der Waals surface area contributed by atoms with Crippen LogP contribution in [0.25, 0.3) is 0 Å². The highest BCUT2D eigenvalue weighted by Gasteiger charge is 2.62. The first-order valence-corrected chi connectivity index (χ1v) is 13.5. The molecule has 3 saturated carbocycles. The smallest absolute Gasteiger partial charge is 0.0625 e. The summed E-state index contributed by atoms with van der Waals surface area (Å²) in [6, 6.07) is 0. The maximum Gasteiger partial charge on any atom is 0.0625 e. The number of aliphatic hydroxyl groups excluding tert-OH is 1. The Hall–Kier alpha value is -0.380. The van der Waals surface area contributed by atoms with Crippen LogP contribution >= 0.6 is 0 Å². The molecule has 3 fully saturated rings. The highest BCUT2D eigenvalue weighted by atomic mass is 16.3. The number of fused-ring (bicyclic) bond motifs is 5. The van der Waals surface area contributed by atoms with Gasteiger partial charge < -0.3 is 15.5 Å². The van der Waals surface area contributed by atoms with Crippen LogP contribution in [0.3, 0.4) is 0 Å². The summed E-state index contributed by atoms with van der Waals surface area (Å²) in [5.41, 5.74) is 1.51. The Morgan fingerprint density at radius 3 is 2.61 bits per heavy atom. The first-order valence-electron chi connectivity index (χ1n) is 13.5. The van der Waals surface area contributed by atoms with Crippen LogP contribution < -0.4 is 5.32 Å². The summed E-state index contributed by atoms with van der Waals surface area (Å²) in [5.74, 6) is 2.66. The molecule has 178 valence electrons. The summed E-state index contributed by atoms with van der Waals surface area (Å²) in [6.07, 6.45) is 16.9. The van der Waals surface area contributed by atoms with Crippen molar-refractivity contribution >= 4 is 0 Å². The second-order valence-electron chi connectivity index (χ2n) is 12.4. The van der Waals surface area contributed by atoms with E-state index in [9.17, 15) is 10.2 Å². The Morgan fingerprint density at radius 1 is 1.06 bits per heavy atom. The summed E-state index contributed by atoms with van der Waals surface area (Å²) < 4.78 is 0. The van der Waals surface area contributed by atoms with Crippen LogP contribution in [-0.4, -0.2) is 35.0 Å². The molecule has 31 heavy (non-hydrogen) atoms. The lowest BCUT2D eigenvalue weighted by molar-refractivity contribution is -0.102. The van der Waals surface area contributed by atoms with Crippen LogP contribution in [0.15, 0.2) is 11.6 Å². The van der Waals surface area contributed by atoms with Gasteiger partial charge in [0, 0.05) is 6.54 Å². The van der Waals surface area contributed by atoms with Gasteiger partial charge in [0.15, 0.2) is 0 Å². The number of unbranched alkanes of at least 4 members (excludes halogenated alkanes) is 3. The second kappa shape index (κ2) is 9.11. The number of allylic oxidation sites excluding steroid dienone is 1. The lowest BCUT2D eigenvalue weighted by Crippen LogP contribution is -2.56. The molecule has 0 aromatic carbocycles. The third-order valence-corrected chi connectivity index (χ3v) is 10.3. The van der Waals surface area contributed by atoms with Crippen molar-refractivity contribution in [3.63, 3.8) is 0 Å². The van der Waals surface area contributed by atoms with Gasteiger partial charge in [-0.15, -0.1) is 0 Å². The number of nitrogens with one attached hydrogen (secondary N) is 1. The van der Waals surface area contributed by atoms with E-state index in [0.29, 0.717) is 11.3 Å². The Labute approximate surface area is 191 Å². The van der Waals surface area contributed by atoms with Crippen LogP contribution in [-0.2, 0) is 0 Å². The molecule has 0 radical (unpaired) electrons. The van der Waals surface area contributed by atoms with Gasteiger partial charge in [-0.3, -0.25) is 0 Å².